The van der Waals surface area contributed by atoms with Gasteiger partial charge in [-0.1, -0.05) is 0 Å². The lowest BCUT2D eigenvalue weighted by atomic mass is 9.98. The van der Waals surface area contributed by atoms with Gasteiger partial charge in [0, 0.05) is 25.5 Å². The molecule has 1 N–H and O–H groups in total. The molecule has 0 amide bonds. The highest BCUT2D eigenvalue weighted by Crippen LogP contribution is 2.32. The van der Waals surface area contributed by atoms with E-state index in [-0.39, 0.29) is 23.5 Å². The summed E-state index contributed by atoms with van der Waals surface area (Å²) in [7, 11) is -2.34. The summed E-state index contributed by atoms with van der Waals surface area (Å²) in [4.78, 5) is 15.4. The second kappa shape index (κ2) is 6.69. The number of hydrogen-bond acceptors (Lipinski definition) is 5. The standard InChI is InChI=1S/C18H20N2O5S/c1-11-6-16(25-3)17(7-12(11)2)26(23,24)20-5-4-14-13(10-20)8-19-9-15(14)18(21)22/h6-9H,4-5,10H2,1-3H3,(H,21,22). The molecular weight excluding hydrogens is 356 g/mol. The largest absolute Gasteiger partial charge is 0.495 e. The van der Waals surface area contributed by atoms with E-state index in [0.29, 0.717) is 23.3 Å². The molecule has 1 aliphatic heterocycles. The number of methoxy groups -OCH3 is 1. The van der Waals surface area contributed by atoms with Crippen molar-refractivity contribution in [3.63, 3.8) is 0 Å². The summed E-state index contributed by atoms with van der Waals surface area (Å²) in [6.07, 6.45) is 3.16. The Balaban J connectivity index is 2.02. The monoisotopic (exact) mass is 376 g/mol. The number of nitrogens with zero attached hydrogens (tertiary/aromatic N) is 2. The Bertz CT molecular complexity index is 985. The van der Waals surface area contributed by atoms with Crippen LogP contribution in [0.1, 0.15) is 32.6 Å². The van der Waals surface area contributed by atoms with Crippen LogP contribution in [0, 0.1) is 13.8 Å². The van der Waals surface area contributed by atoms with Gasteiger partial charge in [-0.15, -0.1) is 0 Å². The van der Waals surface area contributed by atoms with Crippen molar-refractivity contribution in [1.29, 1.82) is 0 Å². The van der Waals surface area contributed by atoms with Gasteiger partial charge in [-0.05, 0) is 54.7 Å². The third-order valence-corrected chi connectivity index (χ3v) is 6.60. The van der Waals surface area contributed by atoms with Gasteiger partial charge >= 0.3 is 5.97 Å². The van der Waals surface area contributed by atoms with E-state index in [1.165, 1.54) is 23.8 Å². The highest BCUT2D eigenvalue weighted by atomic mass is 32.2. The number of carboxylic acids is 1. The molecule has 1 aromatic carbocycles. The summed E-state index contributed by atoms with van der Waals surface area (Å²) in [6.45, 7) is 4.03. The lowest BCUT2D eigenvalue weighted by molar-refractivity contribution is 0.0694. The van der Waals surface area contributed by atoms with Crippen LogP contribution in [-0.4, -0.2) is 42.4 Å². The van der Waals surface area contributed by atoms with Crippen LogP contribution in [0.2, 0.25) is 0 Å². The molecule has 26 heavy (non-hydrogen) atoms. The molecule has 0 saturated carbocycles. The molecule has 0 spiro atoms. The van der Waals surface area contributed by atoms with Gasteiger partial charge in [-0.2, -0.15) is 4.31 Å². The highest BCUT2D eigenvalue weighted by Gasteiger charge is 2.32. The van der Waals surface area contributed by atoms with Gasteiger partial charge in [0.25, 0.3) is 0 Å². The first-order valence-corrected chi connectivity index (χ1v) is 9.54. The van der Waals surface area contributed by atoms with Crippen molar-refractivity contribution in [2.75, 3.05) is 13.7 Å². The zero-order valence-electron chi connectivity index (χ0n) is 14.8. The maximum absolute atomic E-state index is 13.2. The zero-order valence-corrected chi connectivity index (χ0v) is 15.6. The van der Waals surface area contributed by atoms with Crippen molar-refractivity contribution in [2.45, 2.75) is 31.7 Å². The summed E-state index contributed by atoms with van der Waals surface area (Å²) < 4.78 is 33.0. The fraction of sp³-hybridized carbons (Fsp3) is 0.333. The summed E-state index contributed by atoms with van der Waals surface area (Å²) in [5, 5.41) is 9.28. The molecule has 2 heterocycles. The maximum atomic E-state index is 13.2. The van der Waals surface area contributed by atoms with Crippen molar-refractivity contribution in [2.24, 2.45) is 0 Å². The average Bonchev–Trinajstić information content (AvgIpc) is 2.62. The Kier molecular flexibility index (Phi) is 4.72. The molecule has 0 aliphatic carbocycles. The molecule has 0 radical (unpaired) electrons. The molecule has 8 heteroatoms. The number of ether oxygens (including phenoxy) is 1. The second-order valence-corrected chi connectivity index (χ2v) is 8.21. The SMILES string of the molecule is COc1cc(C)c(C)cc1S(=O)(=O)N1CCc2c(cncc2C(=O)O)C1. The third kappa shape index (κ3) is 3.06. The van der Waals surface area contributed by atoms with E-state index in [1.54, 1.807) is 12.1 Å². The van der Waals surface area contributed by atoms with Gasteiger partial charge in [-0.25, -0.2) is 13.2 Å². The Morgan fingerprint density at radius 2 is 1.92 bits per heavy atom. The van der Waals surface area contributed by atoms with Crippen molar-refractivity contribution < 1.29 is 23.1 Å². The lowest BCUT2D eigenvalue weighted by Crippen LogP contribution is -2.37. The van der Waals surface area contributed by atoms with E-state index in [1.807, 2.05) is 13.8 Å². The van der Waals surface area contributed by atoms with Gasteiger partial charge in [-0.3, -0.25) is 4.98 Å². The van der Waals surface area contributed by atoms with E-state index >= 15 is 0 Å². The number of sulfonamides is 1. The van der Waals surface area contributed by atoms with Gasteiger partial charge in [0.05, 0.1) is 12.7 Å². The molecular formula is C18H20N2O5S. The lowest BCUT2D eigenvalue weighted by Gasteiger charge is -2.29. The fourth-order valence-corrected chi connectivity index (χ4v) is 4.76. The number of carbonyl (C=O) groups is 1. The van der Waals surface area contributed by atoms with Gasteiger partial charge in [0.1, 0.15) is 10.6 Å². The summed E-state index contributed by atoms with van der Waals surface area (Å²) in [5.74, 6) is -0.752. The molecule has 0 atom stereocenters. The molecule has 2 aromatic rings. The average molecular weight is 376 g/mol. The molecule has 1 aromatic heterocycles. The normalized spacial score (nSPS) is 14.7. The van der Waals surface area contributed by atoms with Crippen LogP contribution in [0.5, 0.6) is 5.75 Å². The van der Waals surface area contributed by atoms with Gasteiger partial charge in [0.2, 0.25) is 10.0 Å². The first-order chi connectivity index (χ1) is 12.3. The summed E-state index contributed by atoms with van der Waals surface area (Å²) in [5.41, 5.74) is 3.19. The molecule has 138 valence electrons. The smallest absolute Gasteiger partial charge is 0.337 e. The summed E-state index contributed by atoms with van der Waals surface area (Å²) >= 11 is 0. The van der Waals surface area contributed by atoms with E-state index in [2.05, 4.69) is 4.98 Å². The van der Waals surface area contributed by atoms with Crippen LogP contribution < -0.4 is 4.74 Å². The second-order valence-electron chi connectivity index (χ2n) is 6.31. The highest BCUT2D eigenvalue weighted by molar-refractivity contribution is 7.89. The zero-order chi connectivity index (χ0) is 19.1. The molecule has 0 bridgehead atoms. The first kappa shape index (κ1) is 18.3. The number of carboxylic acid groups (broad SMARTS) is 1. The first-order valence-electron chi connectivity index (χ1n) is 8.10. The quantitative estimate of drug-likeness (QED) is 0.878. The van der Waals surface area contributed by atoms with Crippen LogP contribution >= 0.6 is 0 Å². The topological polar surface area (TPSA) is 96.8 Å². The van der Waals surface area contributed by atoms with Crippen LogP contribution in [0.4, 0.5) is 0 Å². The van der Waals surface area contributed by atoms with Crippen molar-refractivity contribution in [3.05, 3.63) is 52.3 Å². The number of benzene rings is 1. The molecule has 0 unspecified atom stereocenters. The molecule has 3 rings (SSSR count). The Labute approximate surface area is 152 Å². The third-order valence-electron chi connectivity index (χ3n) is 4.73. The van der Waals surface area contributed by atoms with Crippen LogP contribution in [0.25, 0.3) is 0 Å². The number of rotatable bonds is 4. The molecule has 7 nitrogen and oxygen atoms in total. The van der Waals surface area contributed by atoms with Crippen LogP contribution in [0.15, 0.2) is 29.4 Å². The van der Waals surface area contributed by atoms with Crippen LogP contribution in [0.3, 0.4) is 0 Å². The van der Waals surface area contributed by atoms with E-state index < -0.39 is 16.0 Å². The number of fused-ring (bicyclic) bond motifs is 1. The maximum Gasteiger partial charge on any atom is 0.337 e. The molecule has 0 fully saturated rings. The van der Waals surface area contributed by atoms with E-state index in [0.717, 1.165) is 11.1 Å². The minimum atomic E-state index is -3.79. The minimum Gasteiger partial charge on any atom is -0.495 e. The van der Waals surface area contributed by atoms with Crippen molar-refractivity contribution in [1.82, 2.24) is 9.29 Å². The number of hydrogen-bond donors (Lipinski definition) is 1. The predicted molar refractivity (Wildman–Crippen MR) is 95.0 cm³/mol. The Morgan fingerprint density at radius 3 is 2.58 bits per heavy atom. The molecule has 0 saturated heterocycles. The predicted octanol–water partition coefficient (Wildman–Crippen LogP) is 2.15. The van der Waals surface area contributed by atoms with Crippen molar-refractivity contribution >= 4 is 16.0 Å². The number of pyridine rings is 1. The number of aromatic nitrogens is 1. The fourth-order valence-electron chi connectivity index (χ4n) is 3.12. The van der Waals surface area contributed by atoms with Crippen molar-refractivity contribution in [3.8, 4) is 5.75 Å². The van der Waals surface area contributed by atoms with E-state index in [9.17, 15) is 18.3 Å². The minimum absolute atomic E-state index is 0.0852. The summed E-state index contributed by atoms with van der Waals surface area (Å²) in [6, 6.07) is 3.33. The number of aryl methyl sites for hydroxylation is 2. The Hall–Kier alpha value is -2.45. The van der Waals surface area contributed by atoms with Gasteiger partial charge < -0.3 is 9.84 Å². The van der Waals surface area contributed by atoms with Crippen LogP contribution in [-0.2, 0) is 23.0 Å². The molecule has 1 aliphatic rings. The van der Waals surface area contributed by atoms with E-state index in [4.69, 9.17) is 4.74 Å². The number of aromatic carboxylic acids is 1. The Morgan fingerprint density at radius 1 is 1.23 bits per heavy atom. The van der Waals surface area contributed by atoms with Gasteiger partial charge in [0.15, 0.2) is 0 Å².